The average Bonchev–Trinajstić information content (AvgIpc) is 2.29. The molecular weight excluding hydrogens is 188 g/mol. The summed E-state index contributed by atoms with van der Waals surface area (Å²) in [5.74, 6) is 1.59. The number of hydrogen-bond acceptors (Lipinski definition) is 4. The summed E-state index contributed by atoms with van der Waals surface area (Å²) in [7, 11) is 1.85. The first kappa shape index (κ1) is 9.58. The van der Waals surface area contributed by atoms with Gasteiger partial charge in [-0.1, -0.05) is 0 Å². The Bertz CT molecular complexity index is 453. The van der Waals surface area contributed by atoms with Crippen LogP contribution in [0.4, 0.5) is 5.82 Å². The monoisotopic (exact) mass is 200 g/mol. The van der Waals surface area contributed by atoms with Crippen LogP contribution in [0.5, 0.6) is 0 Å². The minimum Gasteiger partial charge on any atom is -0.373 e. The van der Waals surface area contributed by atoms with Gasteiger partial charge in [0, 0.05) is 31.1 Å². The number of rotatable bonds is 2. The van der Waals surface area contributed by atoms with E-state index in [1.54, 1.807) is 12.4 Å². The summed E-state index contributed by atoms with van der Waals surface area (Å²) in [4.78, 5) is 12.6. The summed E-state index contributed by atoms with van der Waals surface area (Å²) in [6, 6.07) is 5.78. The highest BCUT2D eigenvalue weighted by Crippen LogP contribution is 2.18. The molecule has 0 amide bonds. The molecule has 0 aromatic carbocycles. The van der Waals surface area contributed by atoms with Gasteiger partial charge in [-0.05, 0) is 19.1 Å². The second-order valence-corrected chi connectivity index (χ2v) is 3.17. The zero-order chi connectivity index (χ0) is 10.7. The number of aromatic nitrogens is 3. The van der Waals surface area contributed by atoms with Crippen LogP contribution in [0.3, 0.4) is 0 Å². The Hall–Kier alpha value is -1.97. The lowest BCUT2D eigenvalue weighted by atomic mass is 10.2. The third kappa shape index (κ3) is 2.10. The standard InChI is InChI=1S/C11H12N4/c1-8-14-10(7-11(12-2)15-8)9-3-5-13-6-4-9/h3-7H,1-2H3,(H,12,14,15). The first-order valence-electron chi connectivity index (χ1n) is 4.73. The smallest absolute Gasteiger partial charge is 0.130 e. The van der Waals surface area contributed by atoms with Crippen molar-refractivity contribution < 1.29 is 0 Å². The van der Waals surface area contributed by atoms with E-state index in [2.05, 4.69) is 20.3 Å². The van der Waals surface area contributed by atoms with Crippen molar-refractivity contribution in [2.45, 2.75) is 6.92 Å². The second kappa shape index (κ2) is 4.04. The summed E-state index contributed by atoms with van der Waals surface area (Å²) in [6.45, 7) is 1.88. The Kier molecular flexibility index (Phi) is 2.58. The van der Waals surface area contributed by atoms with Crippen LogP contribution in [-0.4, -0.2) is 22.0 Å². The maximum atomic E-state index is 4.37. The lowest BCUT2D eigenvalue weighted by Gasteiger charge is -2.04. The van der Waals surface area contributed by atoms with Crippen LogP contribution in [0.2, 0.25) is 0 Å². The molecule has 2 heterocycles. The van der Waals surface area contributed by atoms with Crippen molar-refractivity contribution in [1.82, 2.24) is 15.0 Å². The molecule has 0 atom stereocenters. The maximum absolute atomic E-state index is 4.37. The number of nitrogens with zero attached hydrogens (tertiary/aromatic N) is 3. The molecule has 4 heteroatoms. The molecule has 0 unspecified atom stereocenters. The zero-order valence-corrected chi connectivity index (χ0v) is 8.73. The van der Waals surface area contributed by atoms with E-state index in [0.29, 0.717) is 0 Å². The molecule has 0 aliphatic rings. The van der Waals surface area contributed by atoms with E-state index < -0.39 is 0 Å². The summed E-state index contributed by atoms with van der Waals surface area (Å²) < 4.78 is 0. The van der Waals surface area contributed by atoms with E-state index in [9.17, 15) is 0 Å². The quantitative estimate of drug-likeness (QED) is 0.804. The van der Waals surface area contributed by atoms with Crippen LogP contribution < -0.4 is 5.32 Å². The Morgan fingerprint density at radius 2 is 1.87 bits per heavy atom. The van der Waals surface area contributed by atoms with Gasteiger partial charge in [-0.15, -0.1) is 0 Å². The molecule has 0 spiro atoms. The summed E-state index contributed by atoms with van der Waals surface area (Å²) >= 11 is 0. The van der Waals surface area contributed by atoms with Gasteiger partial charge < -0.3 is 5.32 Å². The number of pyridine rings is 1. The van der Waals surface area contributed by atoms with E-state index in [1.165, 1.54) is 0 Å². The van der Waals surface area contributed by atoms with E-state index >= 15 is 0 Å². The topological polar surface area (TPSA) is 50.7 Å². The van der Waals surface area contributed by atoms with E-state index in [1.807, 2.05) is 32.2 Å². The fourth-order valence-corrected chi connectivity index (χ4v) is 1.37. The molecule has 2 aromatic rings. The van der Waals surface area contributed by atoms with Crippen LogP contribution in [0.15, 0.2) is 30.6 Å². The molecule has 0 aliphatic carbocycles. The van der Waals surface area contributed by atoms with Gasteiger partial charge in [0.25, 0.3) is 0 Å². The molecular formula is C11H12N4. The van der Waals surface area contributed by atoms with Crippen molar-refractivity contribution in [3.63, 3.8) is 0 Å². The van der Waals surface area contributed by atoms with Crippen molar-refractivity contribution in [2.75, 3.05) is 12.4 Å². The van der Waals surface area contributed by atoms with Crippen LogP contribution in [0, 0.1) is 6.92 Å². The first-order chi connectivity index (χ1) is 7.29. The number of hydrogen-bond donors (Lipinski definition) is 1. The molecule has 4 nitrogen and oxygen atoms in total. The highest BCUT2D eigenvalue weighted by Gasteiger charge is 2.02. The summed E-state index contributed by atoms with van der Waals surface area (Å²) in [6.07, 6.45) is 3.51. The van der Waals surface area contributed by atoms with E-state index in [-0.39, 0.29) is 0 Å². The fraction of sp³-hybridized carbons (Fsp3) is 0.182. The molecule has 0 bridgehead atoms. The largest absolute Gasteiger partial charge is 0.373 e. The molecule has 0 radical (unpaired) electrons. The fourth-order valence-electron chi connectivity index (χ4n) is 1.37. The van der Waals surface area contributed by atoms with Crippen molar-refractivity contribution in [1.29, 1.82) is 0 Å². The normalized spacial score (nSPS) is 10.0. The molecule has 15 heavy (non-hydrogen) atoms. The Morgan fingerprint density at radius 3 is 2.53 bits per heavy atom. The third-order valence-corrected chi connectivity index (χ3v) is 2.07. The Balaban J connectivity index is 2.49. The highest BCUT2D eigenvalue weighted by molar-refractivity contribution is 5.61. The highest BCUT2D eigenvalue weighted by atomic mass is 15.0. The van der Waals surface area contributed by atoms with Gasteiger partial charge >= 0.3 is 0 Å². The van der Waals surface area contributed by atoms with E-state index in [0.717, 1.165) is 22.9 Å². The predicted octanol–water partition coefficient (Wildman–Crippen LogP) is 1.89. The third-order valence-electron chi connectivity index (χ3n) is 2.07. The average molecular weight is 200 g/mol. The van der Waals surface area contributed by atoms with Gasteiger partial charge in [0.1, 0.15) is 11.6 Å². The van der Waals surface area contributed by atoms with Crippen molar-refractivity contribution in [3.8, 4) is 11.3 Å². The summed E-state index contributed by atoms with van der Waals surface area (Å²) in [5, 5.41) is 3.01. The zero-order valence-electron chi connectivity index (χ0n) is 8.73. The lowest BCUT2D eigenvalue weighted by molar-refractivity contribution is 1.06. The second-order valence-electron chi connectivity index (χ2n) is 3.17. The van der Waals surface area contributed by atoms with Gasteiger partial charge in [0.05, 0.1) is 5.69 Å². The molecule has 2 aromatic heterocycles. The number of anilines is 1. The predicted molar refractivity (Wildman–Crippen MR) is 59.5 cm³/mol. The minimum absolute atomic E-state index is 0.758. The van der Waals surface area contributed by atoms with Gasteiger partial charge in [-0.2, -0.15) is 0 Å². The van der Waals surface area contributed by atoms with Gasteiger partial charge in [0.15, 0.2) is 0 Å². The molecule has 0 aliphatic heterocycles. The van der Waals surface area contributed by atoms with Crippen LogP contribution in [0.1, 0.15) is 5.82 Å². The lowest BCUT2D eigenvalue weighted by Crippen LogP contribution is -1.98. The first-order valence-corrected chi connectivity index (χ1v) is 4.73. The van der Waals surface area contributed by atoms with Crippen LogP contribution >= 0.6 is 0 Å². The Morgan fingerprint density at radius 1 is 1.13 bits per heavy atom. The van der Waals surface area contributed by atoms with Gasteiger partial charge in [-0.3, -0.25) is 4.98 Å². The van der Waals surface area contributed by atoms with Crippen LogP contribution in [-0.2, 0) is 0 Å². The van der Waals surface area contributed by atoms with Crippen molar-refractivity contribution >= 4 is 5.82 Å². The number of aryl methyl sites for hydroxylation is 1. The van der Waals surface area contributed by atoms with Gasteiger partial charge in [-0.25, -0.2) is 9.97 Å². The summed E-state index contributed by atoms with van der Waals surface area (Å²) in [5.41, 5.74) is 1.96. The van der Waals surface area contributed by atoms with Crippen molar-refractivity contribution in [3.05, 3.63) is 36.4 Å². The van der Waals surface area contributed by atoms with Crippen LogP contribution in [0.25, 0.3) is 11.3 Å². The van der Waals surface area contributed by atoms with E-state index in [4.69, 9.17) is 0 Å². The molecule has 0 fully saturated rings. The van der Waals surface area contributed by atoms with Gasteiger partial charge in [0.2, 0.25) is 0 Å². The Labute approximate surface area is 88.4 Å². The van der Waals surface area contributed by atoms with Crippen molar-refractivity contribution in [2.24, 2.45) is 0 Å². The maximum Gasteiger partial charge on any atom is 0.130 e. The number of nitrogens with one attached hydrogen (secondary N) is 1. The minimum atomic E-state index is 0.758. The molecule has 0 saturated carbocycles. The SMILES string of the molecule is CNc1cc(-c2ccncc2)nc(C)n1. The molecule has 0 saturated heterocycles. The molecule has 1 N–H and O–H groups in total. The molecule has 2 rings (SSSR count). The molecule has 76 valence electrons.